The van der Waals surface area contributed by atoms with Gasteiger partial charge in [-0.05, 0) is 12.1 Å². The second-order valence-corrected chi connectivity index (χ2v) is 13.4. The molecule has 0 aliphatic heterocycles. The molecule has 0 bridgehead atoms. The maximum Gasteiger partial charge on any atom is 0.417 e. The Labute approximate surface area is 193 Å². The molecule has 0 N–H and O–H groups in total. The SMILES string of the molecule is CCS(=O)(=O)c1cc(N(S(C)(=O)=O)S(C)(=O)=O)cnc1-c1nc2cc(C(F)(F)F)cnc2n1C. The van der Waals surface area contributed by atoms with Gasteiger partial charge in [-0.15, -0.1) is 0 Å². The van der Waals surface area contributed by atoms with Crippen LogP contribution in [-0.4, -0.2) is 63.0 Å². The lowest BCUT2D eigenvalue weighted by atomic mass is 10.2. The number of pyridine rings is 2. The summed E-state index contributed by atoms with van der Waals surface area (Å²) < 4.78 is 114. The van der Waals surface area contributed by atoms with Crippen molar-refractivity contribution in [1.82, 2.24) is 19.5 Å². The summed E-state index contributed by atoms with van der Waals surface area (Å²) in [6.07, 6.45) is -2.03. The molecule has 0 radical (unpaired) electrons. The zero-order valence-corrected chi connectivity index (χ0v) is 20.5. The second-order valence-electron chi connectivity index (χ2n) is 7.23. The molecule has 186 valence electrons. The first-order chi connectivity index (χ1) is 15.4. The van der Waals surface area contributed by atoms with E-state index in [1.165, 1.54) is 18.5 Å². The molecule has 0 fully saturated rings. The third kappa shape index (κ3) is 4.72. The normalized spacial score (nSPS) is 13.4. The van der Waals surface area contributed by atoms with E-state index >= 15 is 0 Å². The van der Waals surface area contributed by atoms with Crippen LogP contribution in [0.2, 0.25) is 0 Å². The molecule has 0 atom stereocenters. The van der Waals surface area contributed by atoms with E-state index in [0.717, 1.165) is 18.3 Å². The van der Waals surface area contributed by atoms with Crippen molar-refractivity contribution in [3.05, 3.63) is 30.1 Å². The number of rotatable bonds is 6. The molecule has 0 aliphatic carbocycles. The monoisotopic (exact) mass is 541 g/mol. The van der Waals surface area contributed by atoms with E-state index in [9.17, 15) is 38.4 Å². The fourth-order valence-electron chi connectivity index (χ4n) is 3.17. The summed E-state index contributed by atoms with van der Waals surface area (Å²) in [5, 5.41) is 0. The lowest BCUT2D eigenvalue weighted by Gasteiger charge is -2.20. The van der Waals surface area contributed by atoms with Crippen LogP contribution in [0.25, 0.3) is 22.7 Å². The fourth-order valence-corrected chi connectivity index (χ4v) is 7.15. The molecule has 0 spiro atoms. The number of fused-ring (bicyclic) bond motifs is 1. The molecule has 3 aromatic heterocycles. The van der Waals surface area contributed by atoms with Gasteiger partial charge in [0.15, 0.2) is 21.3 Å². The van der Waals surface area contributed by atoms with Gasteiger partial charge in [-0.1, -0.05) is 6.92 Å². The molecule has 17 heteroatoms. The number of aryl methyl sites for hydroxylation is 1. The summed E-state index contributed by atoms with van der Waals surface area (Å²) in [5.74, 6) is -0.644. The molecule has 3 aromatic rings. The van der Waals surface area contributed by atoms with Gasteiger partial charge in [0.1, 0.15) is 11.2 Å². The first-order valence-electron chi connectivity index (χ1n) is 9.21. The van der Waals surface area contributed by atoms with Gasteiger partial charge in [-0.25, -0.2) is 40.2 Å². The summed E-state index contributed by atoms with van der Waals surface area (Å²) in [5.41, 5.74) is -2.13. The van der Waals surface area contributed by atoms with Crippen LogP contribution in [-0.2, 0) is 43.1 Å². The molecule has 0 aliphatic rings. The number of halogens is 3. The average molecular weight is 542 g/mol. The minimum Gasteiger partial charge on any atom is -0.310 e. The molecule has 0 saturated heterocycles. The van der Waals surface area contributed by atoms with E-state index in [0.29, 0.717) is 18.7 Å². The van der Waals surface area contributed by atoms with Crippen molar-refractivity contribution in [1.29, 1.82) is 0 Å². The average Bonchev–Trinajstić information content (AvgIpc) is 3.01. The number of imidazole rings is 1. The van der Waals surface area contributed by atoms with Crippen molar-refractivity contribution in [2.75, 3.05) is 22.0 Å². The number of alkyl halides is 3. The van der Waals surface area contributed by atoms with E-state index in [-0.39, 0.29) is 26.4 Å². The number of nitrogens with zero attached hydrogens (tertiary/aromatic N) is 5. The van der Waals surface area contributed by atoms with Crippen molar-refractivity contribution in [3.63, 3.8) is 0 Å². The number of hydrogen-bond donors (Lipinski definition) is 0. The molecule has 0 saturated carbocycles. The van der Waals surface area contributed by atoms with Crippen LogP contribution in [0.5, 0.6) is 0 Å². The van der Waals surface area contributed by atoms with Crippen LogP contribution in [0.1, 0.15) is 12.5 Å². The van der Waals surface area contributed by atoms with Crippen LogP contribution in [0.3, 0.4) is 0 Å². The highest BCUT2D eigenvalue weighted by atomic mass is 32.3. The van der Waals surface area contributed by atoms with E-state index in [1.807, 2.05) is 0 Å². The van der Waals surface area contributed by atoms with Gasteiger partial charge in [-0.3, -0.25) is 0 Å². The zero-order chi connectivity index (χ0) is 25.9. The molecule has 34 heavy (non-hydrogen) atoms. The van der Waals surface area contributed by atoms with Crippen LogP contribution < -0.4 is 3.71 Å². The summed E-state index contributed by atoms with van der Waals surface area (Å²) in [6, 6.07) is 1.56. The Balaban J connectivity index is 2.35. The zero-order valence-electron chi connectivity index (χ0n) is 18.1. The minimum absolute atomic E-state index is 0.00243. The molecule has 3 heterocycles. The fraction of sp³-hybridized carbons (Fsp3) is 0.353. The molecule has 0 aromatic carbocycles. The first-order valence-corrected chi connectivity index (χ1v) is 14.6. The Morgan fingerprint density at radius 1 is 0.971 bits per heavy atom. The van der Waals surface area contributed by atoms with Gasteiger partial charge in [0.25, 0.3) is 0 Å². The largest absolute Gasteiger partial charge is 0.417 e. The van der Waals surface area contributed by atoms with Crippen molar-refractivity contribution >= 4 is 46.7 Å². The topological polar surface area (TPSA) is 149 Å². The highest BCUT2D eigenvalue weighted by Crippen LogP contribution is 2.34. The quantitative estimate of drug-likeness (QED) is 0.453. The van der Waals surface area contributed by atoms with Gasteiger partial charge in [0, 0.05) is 13.2 Å². The Morgan fingerprint density at radius 2 is 1.56 bits per heavy atom. The van der Waals surface area contributed by atoms with Gasteiger partial charge in [0.05, 0.1) is 40.6 Å². The van der Waals surface area contributed by atoms with E-state index < -0.39 is 58.0 Å². The molecular weight excluding hydrogens is 523 g/mol. The Hall–Kier alpha value is -2.79. The molecule has 3 rings (SSSR count). The first kappa shape index (κ1) is 25.8. The molecule has 0 unspecified atom stereocenters. The summed E-state index contributed by atoms with van der Waals surface area (Å²) in [7, 11) is -11.6. The van der Waals surface area contributed by atoms with Gasteiger partial charge >= 0.3 is 6.18 Å². The number of aromatic nitrogens is 4. The number of hydrogen-bond acceptors (Lipinski definition) is 9. The number of sulfonamides is 2. The van der Waals surface area contributed by atoms with E-state index in [4.69, 9.17) is 0 Å². The highest BCUT2D eigenvalue weighted by Gasteiger charge is 2.33. The predicted molar refractivity (Wildman–Crippen MR) is 117 cm³/mol. The predicted octanol–water partition coefficient (Wildman–Crippen LogP) is 1.57. The third-order valence-electron chi connectivity index (χ3n) is 4.61. The van der Waals surface area contributed by atoms with Crippen LogP contribution in [0, 0.1) is 0 Å². The molecule has 0 amide bonds. The van der Waals surface area contributed by atoms with Crippen molar-refractivity contribution in [2.24, 2.45) is 7.05 Å². The smallest absolute Gasteiger partial charge is 0.310 e. The van der Waals surface area contributed by atoms with E-state index in [2.05, 4.69) is 15.0 Å². The van der Waals surface area contributed by atoms with Crippen molar-refractivity contribution in [3.8, 4) is 11.5 Å². The molecular formula is C17H18F3N5O6S3. The van der Waals surface area contributed by atoms with Crippen molar-refractivity contribution in [2.45, 2.75) is 18.0 Å². The lowest BCUT2D eigenvalue weighted by molar-refractivity contribution is -0.137. The van der Waals surface area contributed by atoms with E-state index in [1.54, 1.807) is 0 Å². The minimum atomic E-state index is -4.68. The van der Waals surface area contributed by atoms with Gasteiger partial charge in [-0.2, -0.15) is 16.9 Å². The Morgan fingerprint density at radius 3 is 2.06 bits per heavy atom. The van der Waals surface area contributed by atoms with Gasteiger partial charge in [0.2, 0.25) is 20.0 Å². The summed E-state index contributed by atoms with van der Waals surface area (Å²) in [4.78, 5) is 11.2. The number of anilines is 1. The third-order valence-corrected chi connectivity index (χ3v) is 9.61. The maximum atomic E-state index is 13.1. The summed E-state index contributed by atoms with van der Waals surface area (Å²) in [6.45, 7) is 1.29. The number of sulfone groups is 1. The van der Waals surface area contributed by atoms with Crippen LogP contribution in [0.15, 0.2) is 29.4 Å². The standard InChI is InChI=1S/C17H18F3N5O6S3/c1-5-34(30,31)13-7-11(25(32(3,26)27)33(4,28)29)9-21-14(13)16-23-12-6-10(17(18,19)20)8-22-15(12)24(16)2/h6-9H,5H2,1-4H3. The van der Waals surface area contributed by atoms with Crippen LogP contribution >= 0.6 is 0 Å². The molecule has 11 nitrogen and oxygen atoms in total. The maximum absolute atomic E-state index is 13.1. The van der Waals surface area contributed by atoms with Gasteiger partial charge < -0.3 is 4.57 Å². The Bertz CT molecular complexity index is 1580. The summed E-state index contributed by atoms with van der Waals surface area (Å²) >= 11 is 0. The second kappa shape index (κ2) is 8.16. The highest BCUT2D eigenvalue weighted by molar-refractivity contribution is 8.09. The van der Waals surface area contributed by atoms with Crippen molar-refractivity contribution < 1.29 is 38.4 Å². The van der Waals surface area contributed by atoms with Crippen LogP contribution in [0.4, 0.5) is 18.9 Å². The lowest BCUT2D eigenvalue weighted by Crippen LogP contribution is -2.35. The Kier molecular flexibility index (Phi) is 6.20.